The molecule has 1 heterocycles. The Morgan fingerprint density at radius 1 is 1.21 bits per heavy atom. The molecule has 0 radical (unpaired) electrons. The first kappa shape index (κ1) is 13.1. The van der Waals surface area contributed by atoms with Gasteiger partial charge in [0.1, 0.15) is 5.75 Å². The highest BCUT2D eigenvalue weighted by Crippen LogP contribution is 2.16. The average molecular weight is 256 g/mol. The second kappa shape index (κ2) is 6.54. The maximum atomic E-state index is 12.0. The zero-order chi connectivity index (χ0) is 13.5. The molecule has 0 spiro atoms. The van der Waals surface area contributed by atoms with Crippen LogP contribution in [-0.2, 0) is 6.42 Å². The number of nitrogens with zero attached hydrogens (tertiary/aromatic N) is 1. The summed E-state index contributed by atoms with van der Waals surface area (Å²) in [5.41, 5.74) is 1.51. The van der Waals surface area contributed by atoms with E-state index in [0.29, 0.717) is 24.3 Å². The van der Waals surface area contributed by atoms with E-state index in [1.165, 1.54) is 0 Å². The van der Waals surface area contributed by atoms with Crippen molar-refractivity contribution in [2.75, 3.05) is 13.7 Å². The van der Waals surface area contributed by atoms with Crippen LogP contribution in [0.5, 0.6) is 5.75 Å². The van der Waals surface area contributed by atoms with Gasteiger partial charge in [-0.1, -0.05) is 18.2 Å². The number of hydrogen-bond acceptors (Lipinski definition) is 3. The van der Waals surface area contributed by atoms with E-state index in [1.807, 2.05) is 30.3 Å². The van der Waals surface area contributed by atoms with Crippen molar-refractivity contribution < 1.29 is 9.53 Å². The molecule has 0 aliphatic rings. The fraction of sp³-hybridized carbons (Fsp3) is 0.200. The summed E-state index contributed by atoms with van der Waals surface area (Å²) in [6, 6.07) is 12.9. The topological polar surface area (TPSA) is 51.2 Å². The maximum absolute atomic E-state index is 12.0. The number of ether oxygens (including phenoxy) is 1. The molecule has 1 aromatic heterocycles. The standard InChI is InChI=1S/C15H16N2O2/c1-19-14-8-3-2-7-13(14)15(18)17-11-9-12-6-4-5-10-16-12/h2-8,10H,9,11H2,1H3,(H,17,18). The van der Waals surface area contributed by atoms with Crippen LogP contribution in [0.4, 0.5) is 0 Å². The number of carbonyl (C=O) groups excluding carboxylic acids is 1. The van der Waals surface area contributed by atoms with E-state index in [9.17, 15) is 4.79 Å². The van der Waals surface area contributed by atoms with Gasteiger partial charge in [-0.05, 0) is 24.3 Å². The first-order valence-electron chi connectivity index (χ1n) is 6.12. The van der Waals surface area contributed by atoms with Gasteiger partial charge in [-0.2, -0.15) is 0 Å². The van der Waals surface area contributed by atoms with Gasteiger partial charge in [0.15, 0.2) is 0 Å². The van der Waals surface area contributed by atoms with Crippen molar-refractivity contribution in [3.63, 3.8) is 0 Å². The number of amides is 1. The molecular formula is C15H16N2O2. The van der Waals surface area contributed by atoms with Gasteiger partial charge >= 0.3 is 0 Å². The predicted octanol–water partition coefficient (Wildman–Crippen LogP) is 2.06. The first-order valence-corrected chi connectivity index (χ1v) is 6.12. The smallest absolute Gasteiger partial charge is 0.255 e. The Hall–Kier alpha value is -2.36. The number of aromatic nitrogens is 1. The number of benzene rings is 1. The number of para-hydroxylation sites is 1. The molecular weight excluding hydrogens is 240 g/mol. The Balaban J connectivity index is 1.91. The molecule has 19 heavy (non-hydrogen) atoms. The minimum absolute atomic E-state index is 0.131. The lowest BCUT2D eigenvalue weighted by Crippen LogP contribution is -2.26. The van der Waals surface area contributed by atoms with Gasteiger partial charge in [0, 0.05) is 24.9 Å². The monoisotopic (exact) mass is 256 g/mol. The fourth-order valence-electron chi connectivity index (χ4n) is 1.78. The van der Waals surface area contributed by atoms with Crippen LogP contribution in [0.2, 0.25) is 0 Å². The number of nitrogens with one attached hydrogen (secondary N) is 1. The van der Waals surface area contributed by atoms with Crippen molar-refractivity contribution in [3.8, 4) is 5.75 Å². The molecule has 0 saturated carbocycles. The van der Waals surface area contributed by atoms with E-state index in [2.05, 4.69) is 10.3 Å². The molecule has 2 rings (SSSR count). The second-order valence-corrected chi connectivity index (χ2v) is 4.03. The summed E-state index contributed by atoms with van der Waals surface area (Å²) in [6.07, 6.45) is 2.46. The molecule has 0 fully saturated rings. The highest BCUT2D eigenvalue weighted by Gasteiger charge is 2.10. The highest BCUT2D eigenvalue weighted by molar-refractivity contribution is 5.96. The molecule has 0 bridgehead atoms. The number of rotatable bonds is 5. The molecule has 1 aromatic carbocycles. The van der Waals surface area contributed by atoms with Gasteiger partial charge in [0.2, 0.25) is 0 Å². The molecule has 4 heteroatoms. The Labute approximate surface area is 112 Å². The van der Waals surface area contributed by atoms with E-state index < -0.39 is 0 Å². The molecule has 4 nitrogen and oxygen atoms in total. The van der Waals surface area contributed by atoms with Crippen molar-refractivity contribution in [1.29, 1.82) is 0 Å². The number of pyridine rings is 1. The van der Waals surface area contributed by atoms with Crippen LogP contribution < -0.4 is 10.1 Å². The third kappa shape index (κ3) is 3.55. The molecule has 2 aromatic rings. The highest BCUT2D eigenvalue weighted by atomic mass is 16.5. The maximum Gasteiger partial charge on any atom is 0.255 e. The lowest BCUT2D eigenvalue weighted by Gasteiger charge is -2.08. The first-order chi connectivity index (χ1) is 9.31. The number of hydrogen-bond donors (Lipinski definition) is 1. The van der Waals surface area contributed by atoms with Crippen LogP contribution in [-0.4, -0.2) is 24.5 Å². The molecule has 0 atom stereocenters. The molecule has 98 valence electrons. The normalized spacial score (nSPS) is 9.95. The summed E-state index contributed by atoms with van der Waals surface area (Å²) < 4.78 is 5.16. The van der Waals surface area contributed by atoms with Gasteiger partial charge in [0.05, 0.1) is 12.7 Å². The van der Waals surface area contributed by atoms with Crippen molar-refractivity contribution >= 4 is 5.91 Å². The summed E-state index contributed by atoms with van der Waals surface area (Å²) in [6.45, 7) is 0.549. The summed E-state index contributed by atoms with van der Waals surface area (Å²) in [5, 5.41) is 2.86. The van der Waals surface area contributed by atoms with Crippen molar-refractivity contribution in [2.45, 2.75) is 6.42 Å². The minimum Gasteiger partial charge on any atom is -0.496 e. The van der Waals surface area contributed by atoms with Crippen LogP contribution in [0.15, 0.2) is 48.7 Å². The van der Waals surface area contributed by atoms with Crippen LogP contribution in [0.3, 0.4) is 0 Å². The van der Waals surface area contributed by atoms with Gasteiger partial charge in [0.25, 0.3) is 5.91 Å². The summed E-state index contributed by atoms with van der Waals surface area (Å²) >= 11 is 0. The summed E-state index contributed by atoms with van der Waals surface area (Å²) in [4.78, 5) is 16.2. The van der Waals surface area contributed by atoms with Crippen molar-refractivity contribution in [3.05, 3.63) is 59.9 Å². The lowest BCUT2D eigenvalue weighted by molar-refractivity contribution is 0.0951. The van der Waals surface area contributed by atoms with Crippen LogP contribution in [0.25, 0.3) is 0 Å². The van der Waals surface area contributed by atoms with E-state index in [-0.39, 0.29) is 5.91 Å². The van der Waals surface area contributed by atoms with E-state index in [0.717, 1.165) is 5.69 Å². The SMILES string of the molecule is COc1ccccc1C(=O)NCCc1ccccn1. The predicted molar refractivity (Wildman–Crippen MR) is 73.3 cm³/mol. The second-order valence-electron chi connectivity index (χ2n) is 4.03. The summed E-state index contributed by atoms with van der Waals surface area (Å²) in [5.74, 6) is 0.450. The molecule has 0 aliphatic carbocycles. The quantitative estimate of drug-likeness (QED) is 0.891. The van der Waals surface area contributed by atoms with Gasteiger partial charge in [-0.3, -0.25) is 9.78 Å². The Morgan fingerprint density at radius 2 is 2.00 bits per heavy atom. The molecule has 0 unspecified atom stereocenters. The zero-order valence-corrected chi connectivity index (χ0v) is 10.8. The Morgan fingerprint density at radius 3 is 2.74 bits per heavy atom. The number of methoxy groups -OCH3 is 1. The van der Waals surface area contributed by atoms with Gasteiger partial charge in [-0.25, -0.2) is 0 Å². The van der Waals surface area contributed by atoms with Crippen molar-refractivity contribution in [1.82, 2.24) is 10.3 Å². The van der Waals surface area contributed by atoms with Gasteiger partial charge < -0.3 is 10.1 Å². The van der Waals surface area contributed by atoms with E-state index in [1.54, 1.807) is 25.4 Å². The summed E-state index contributed by atoms with van der Waals surface area (Å²) in [7, 11) is 1.56. The zero-order valence-electron chi connectivity index (χ0n) is 10.8. The average Bonchev–Trinajstić information content (AvgIpc) is 2.48. The molecule has 0 saturated heterocycles. The minimum atomic E-state index is -0.131. The largest absolute Gasteiger partial charge is 0.496 e. The van der Waals surface area contributed by atoms with Crippen LogP contribution in [0.1, 0.15) is 16.1 Å². The van der Waals surface area contributed by atoms with E-state index >= 15 is 0 Å². The molecule has 0 aliphatic heterocycles. The van der Waals surface area contributed by atoms with Crippen molar-refractivity contribution in [2.24, 2.45) is 0 Å². The lowest BCUT2D eigenvalue weighted by atomic mass is 10.2. The molecule has 1 amide bonds. The fourth-order valence-corrected chi connectivity index (χ4v) is 1.78. The Kier molecular flexibility index (Phi) is 4.50. The van der Waals surface area contributed by atoms with Gasteiger partial charge in [-0.15, -0.1) is 0 Å². The number of carbonyl (C=O) groups is 1. The Bertz CT molecular complexity index is 541. The van der Waals surface area contributed by atoms with E-state index in [4.69, 9.17) is 4.74 Å². The molecule has 1 N–H and O–H groups in total. The van der Waals surface area contributed by atoms with Crippen LogP contribution in [0, 0.1) is 0 Å². The third-order valence-corrected chi connectivity index (χ3v) is 2.74. The third-order valence-electron chi connectivity index (χ3n) is 2.74. The van der Waals surface area contributed by atoms with Crippen LogP contribution >= 0.6 is 0 Å².